The maximum Gasteiger partial charge on any atom is 0.124 e. The Morgan fingerprint density at radius 2 is 2.27 bits per heavy atom. The van der Waals surface area contributed by atoms with E-state index in [1.165, 1.54) is 28.2 Å². The second-order valence-electron chi connectivity index (χ2n) is 4.25. The summed E-state index contributed by atoms with van der Waals surface area (Å²) in [5.41, 5.74) is 2.87. The standard InChI is InChI=1S/C12H15NOS/c1-13-3-4-14-11-7-12-9(2-5-15-12)6-10(11)8-13/h6-7H,2-5,8H2,1H3. The fraction of sp³-hybridized carbons (Fsp3) is 0.500. The van der Waals surface area contributed by atoms with Crippen LogP contribution in [0.3, 0.4) is 0 Å². The van der Waals surface area contributed by atoms with Gasteiger partial charge in [0.25, 0.3) is 0 Å². The Morgan fingerprint density at radius 3 is 3.20 bits per heavy atom. The first kappa shape index (κ1) is 9.55. The summed E-state index contributed by atoms with van der Waals surface area (Å²) in [6, 6.07) is 4.58. The monoisotopic (exact) mass is 221 g/mol. The van der Waals surface area contributed by atoms with Gasteiger partial charge in [0, 0.05) is 29.3 Å². The van der Waals surface area contributed by atoms with Crippen molar-refractivity contribution in [1.82, 2.24) is 4.90 Å². The first-order chi connectivity index (χ1) is 7.33. The minimum absolute atomic E-state index is 0.812. The lowest BCUT2D eigenvalue weighted by atomic mass is 10.1. The molecule has 0 atom stereocenters. The number of hydrogen-bond donors (Lipinski definition) is 0. The molecule has 3 heteroatoms. The van der Waals surface area contributed by atoms with E-state index in [1.807, 2.05) is 11.8 Å². The molecule has 2 heterocycles. The van der Waals surface area contributed by atoms with Crippen molar-refractivity contribution in [3.63, 3.8) is 0 Å². The predicted molar refractivity (Wildman–Crippen MR) is 62.7 cm³/mol. The molecule has 3 rings (SSSR count). The summed E-state index contributed by atoms with van der Waals surface area (Å²) in [7, 11) is 2.15. The van der Waals surface area contributed by atoms with Crippen LogP contribution >= 0.6 is 11.8 Å². The molecule has 0 fully saturated rings. The Kier molecular flexibility index (Phi) is 2.37. The van der Waals surface area contributed by atoms with Gasteiger partial charge < -0.3 is 4.74 Å². The number of benzene rings is 1. The van der Waals surface area contributed by atoms with Crippen LogP contribution in [0.2, 0.25) is 0 Å². The van der Waals surface area contributed by atoms with E-state index >= 15 is 0 Å². The molecule has 15 heavy (non-hydrogen) atoms. The number of likely N-dealkylation sites (N-methyl/N-ethyl adjacent to an activating group) is 1. The van der Waals surface area contributed by atoms with Gasteiger partial charge in [-0.3, -0.25) is 4.90 Å². The summed E-state index contributed by atoms with van der Waals surface area (Å²) in [6.07, 6.45) is 1.22. The number of ether oxygens (including phenoxy) is 1. The molecule has 0 saturated heterocycles. The Morgan fingerprint density at radius 1 is 1.33 bits per heavy atom. The Hall–Kier alpha value is -0.670. The first-order valence-corrected chi connectivity index (χ1v) is 6.41. The number of rotatable bonds is 0. The number of nitrogens with zero attached hydrogens (tertiary/aromatic N) is 1. The van der Waals surface area contributed by atoms with Crippen LogP contribution in [-0.2, 0) is 13.0 Å². The van der Waals surface area contributed by atoms with E-state index in [4.69, 9.17) is 4.74 Å². The van der Waals surface area contributed by atoms with Crippen molar-refractivity contribution in [3.8, 4) is 5.75 Å². The minimum Gasteiger partial charge on any atom is -0.492 e. The fourth-order valence-electron chi connectivity index (χ4n) is 2.20. The van der Waals surface area contributed by atoms with Crippen LogP contribution < -0.4 is 4.74 Å². The summed E-state index contributed by atoms with van der Waals surface area (Å²) in [4.78, 5) is 3.75. The molecule has 0 unspecified atom stereocenters. The molecule has 0 N–H and O–H groups in total. The number of hydrogen-bond acceptors (Lipinski definition) is 3. The minimum atomic E-state index is 0.812. The van der Waals surface area contributed by atoms with Gasteiger partial charge in [0.2, 0.25) is 0 Å². The van der Waals surface area contributed by atoms with Crippen molar-refractivity contribution in [1.29, 1.82) is 0 Å². The van der Waals surface area contributed by atoms with Gasteiger partial charge >= 0.3 is 0 Å². The van der Waals surface area contributed by atoms with Crippen LogP contribution in [-0.4, -0.2) is 30.9 Å². The summed E-state index contributed by atoms with van der Waals surface area (Å²) in [5, 5.41) is 0. The number of thioether (sulfide) groups is 1. The van der Waals surface area contributed by atoms with Crippen molar-refractivity contribution in [2.75, 3.05) is 26.0 Å². The lowest BCUT2D eigenvalue weighted by Gasteiger charge is -2.12. The summed E-state index contributed by atoms with van der Waals surface area (Å²) in [6.45, 7) is 2.85. The first-order valence-electron chi connectivity index (χ1n) is 5.43. The highest BCUT2D eigenvalue weighted by atomic mass is 32.2. The van der Waals surface area contributed by atoms with Gasteiger partial charge in [0.05, 0.1) is 0 Å². The fourth-order valence-corrected chi connectivity index (χ4v) is 3.28. The molecule has 0 aliphatic carbocycles. The molecule has 0 bridgehead atoms. The van der Waals surface area contributed by atoms with Gasteiger partial charge in [-0.15, -0.1) is 11.8 Å². The number of fused-ring (bicyclic) bond motifs is 2. The lowest BCUT2D eigenvalue weighted by molar-refractivity contribution is 0.258. The van der Waals surface area contributed by atoms with Crippen LogP contribution in [0.15, 0.2) is 17.0 Å². The number of aryl methyl sites for hydroxylation is 1. The van der Waals surface area contributed by atoms with E-state index < -0.39 is 0 Å². The van der Waals surface area contributed by atoms with Gasteiger partial charge in [-0.25, -0.2) is 0 Å². The Bertz CT molecular complexity index is 391. The van der Waals surface area contributed by atoms with Crippen LogP contribution in [0.25, 0.3) is 0 Å². The molecule has 1 aromatic carbocycles. The quantitative estimate of drug-likeness (QED) is 0.666. The van der Waals surface area contributed by atoms with Gasteiger partial charge in [-0.1, -0.05) is 0 Å². The zero-order valence-corrected chi connectivity index (χ0v) is 9.77. The molecule has 80 valence electrons. The highest BCUT2D eigenvalue weighted by molar-refractivity contribution is 7.99. The molecule has 1 aromatic rings. The average molecular weight is 221 g/mol. The second kappa shape index (κ2) is 3.72. The van der Waals surface area contributed by atoms with Crippen molar-refractivity contribution < 1.29 is 4.74 Å². The van der Waals surface area contributed by atoms with Crippen LogP contribution in [0, 0.1) is 0 Å². The zero-order valence-electron chi connectivity index (χ0n) is 8.95. The third-order valence-corrected chi connectivity index (χ3v) is 4.14. The second-order valence-corrected chi connectivity index (χ2v) is 5.39. The normalized spacial score (nSPS) is 20.3. The average Bonchev–Trinajstić information content (AvgIpc) is 2.57. The highest BCUT2D eigenvalue weighted by Gasteiger charge is 2.18. The topological polar surface area (TPSA) is 12.5 Å². The smallest absolute Gasteiger partial charge is 0.124 e. The lowest BCUT2D eigenvalue weighted by Crippen LogP contribution is -2.20. The van der Waals surface area contributed by atoms with Crippen molar-refractivity contribution in [2.24, 2.45) is 0 Å². The van der Waals surface area contributed by atoms with Gasteiger partial charge in [-0.05, 0) is 31.2 Å². The predicted octanol–water partition coefficient (Wildman–Crippen LogP) is 2.16. The Labute approximate surface area is 94.6 Å². The highest BCUT2D eigenvalue weighted by Crippen LogP contribution is 2.37. The van der Waals surface area contributed by atoms with E-state index in [9.17, 15) is 0 Å². The SMILES string of the molecule is CN1CCOc2cc3c(cc2C1)CCS3. The van der Waals surface area contributed by atoms with Crippen LogP contribution in [0.5, 0.6) is 5.75 Å². The van der Waals surface area contributed by atoms with Gasteiger partial charge in [-0.2, -0.15) is 0 Å². The van der Waals surface area contributed by atoms with Crippen molar-refractivity contribution in [3.05, 3.63) is 23.3 Å². The van der Waals surface area contributed by atoms with E-state index in [0.717, 1.165) is 25.4 Å². The van der Waals surface area contributed by atoms with Crippen LogP contribution in [0.4, 0.5) is 0 Å². The van der Waals surface area contributed by atoms with Crippen molar-refractivity contribution >= 4 is 11.8 Å². The molecule has 2 aliphatic rings. The molecule has 0 aromatic heterocycles. The third-order valence-electron chi connectivity index (χ3n) is 3.04. The van der Waals surface area contributed by atoms with E-state index in [1.54, 1.807) is 0 Å². The molecule has 0 amide bonds. The van der Waals surface area contributed by atoms with E-state index in [0.29, 0.717) is 0 Å². The van der Waals surface area contributed by atoms with Crippen LogP contribution in [0.1, 0.15) is 11.1 Å². The molecule has 0 radical (unpaired) electrons. The molecular formula is C12H15NOS. The van der Waals surface area contributed by atoms with E-state index in [-0.39, 0.29) is 0 Å². The maximum atomic E-state index is 5.79. The molecule has 2 aliphatic heterocycles. The largest absolute Gasteiger partial charge is 0.492 e. The zero-order chi connectivity index (χ0) is 10.3. The maximum absolute atomic E-state index is 5.79. The van der Waals surface area contributed by atoms with Gasteiger partial charge in [0.15, 0.2) is 0 Å². The van der Waals surface area contributed by atoms with Gasteiger partial charge in [0.1, 0.15) is 12.4 Å². The van der Waals surface area contributed by atoms with Crippen molar-refractivity contribution in [2.45, 2.75) is 17.9 Å². The summed E-state index contributed by atoms with van der Waals surface area (Å²) >= 11 is 1.95. The molecule has 0 saturated carbocycles. The molecular weight excluding hydrogens is 206 g/mol. The summed E-state index contributed by atoms with van der Waals surface area (Å²) in [5.74, 6) is 2.33. The third kappa shape index (κ3) is 1.74. The Balaban J connectivity index is 2.03. The molecule has 2 nitrogen and oxygen atoms in total. The molecule has 0 spiro atoms. The van der Waals surface area contributed by atoms with E-state index in [2.05, 4.69) is 24.1 Å². The summed E-state index contributed by atoms with van der Waals surface area (Å²) < 4.78 is 5.79.